The van der Waals surface area contributed by atoms with Gasteiger partial charge in [0.15, 0.2) is 0 Å². The number of likely N-dealkylation sites (N-methyl/N-ethyl adjacent to an activating group) is 1. The normalized spacial score (nSPS) is 15.5. The van der Waals surface area contributed by atoms with Crippen molar-refractivity contribution < 1.29 is 4.79 Å². The van der Waals surface area contributed by atoms with Gasteiger partial charge in [0.1, 0.15) is 0 Å². The first-order valence-corrected chi connectivity index (χ1v) is 12.1. The van der Waals surface area contributed by atoms with E-state index in [0.29, 0.717) is 16.6 Å². The van der Waals surface area contributed by atoms with Crippen molar-refractivity contribution in [2.45, 2.75) is 39.5 Å². The number of nitrogens with zero attached hydrogens (tertiary/aromatic N) is 6. The molecule has 2 aromatic heterocycles. The van der Waals surface area contributed by atoms with Crippen molar-refractivity contribution in [1.82, 2.24) is 29.7 Å². The molecule has 1 amide bonds. The van der Waals surface area contributed by atoms with Crippen molar-refractivity contribution in [2.75, 3.05) is 64.3 Å². The first kappa shape index (κ1) is 23.6. The highest BCUT2D eigenvalue weighted by atomic mass is 32.1. The lowest BCUT2D eigenvalue weighted by Gasteiger charge is -2.34. The van der Waals surface area contributed by atoms with E-state index in [0.717, 1.165) is 57.7 Å². The minimum atomic E-state index is -0.177. The van der Waals surface area contributed by atoms with Crippen molar-refractivity contribution in [2.24, 2.45) is 0 Å². The number of anilines is 1. The zero-order chi connectivity index (χ0) is 22.2. The molecule has 0 aromatic carbocycles. The standard InChI is InChI=1S/C21H35N7O2S/c1-4-7-17-15-19(30)28-20(23-17)31-21(24-28)25(3)16-18(29)22-8-6-10-27-13-11-26(9-5-2)12-14-27/h15H,4-14,16H2,1-3H3,(H,22,29). The van der Waals surface area contributed by atoms with E-state index in [4.69, 9.17) is 0 Å². The van der Waals surface area contributed by atoms with Crippen LogP contribution in [-0.2, 0) is 11.2 Å². The van der Waals surface area contributed by atoms with Crippen LogP contribution in [0, 0.1) is 0 Å². The van der Waals surface area contributed by atoms with Crippen LogP contribution in [0.5, 0.6) is 0 Å². The molecule has 3 heterocycles. The third-order valence-electron chi connectivity index (χ3n) is 5.48. The molecule has 0 aliphatic carbocycles. The van der Waals surface area contributed by atoms with E-state index in [9.17, 15) is 9.59 Å². The molecule has 1 aliphatic heterocycles. The van der Waals surface area contributed by atoms with Gasteiger partial charge in [-0.2, -0.15) is 4.52 Å². The summed E-state index contributed by atoms with van der Waals surface area (Å²) in [5, 5.41) is 7.95. The number of fused-ring (bicyclic) bond motifs is 1. The summed E-state index contributed by atoms with van der Waals surface area (Å²) in [4.78, 5) is 36.4. The molecule has 0 saturated carbocycles. The van der Waals surface area contributed by atoms with E-state index in [-0.39, 0.29) is 18.0 Å². The number of carbonyl (C=O) groups is 1. The molecule has 1 saturated heterocycles. The predicted octanol–water partition coefficient (Wildman–Crippen LogP) is 1.07. The Morgan fingerprint density at radius 2 is 1.87 bits per heavy atom. The number of hydrogen-bond acceptors (Lipinski definition) is 8. The summed E-state index contributed by atoms with van der Waals surface area (Å²) in [5.74, 6) is -0.0403. The van der Waals surface area contributed by atoms with Gasteiger partial charge >= 0.3 is 0 Å². The second-order valence-corrected chi connectivity index (χ2v) is 9.09. The second-order valence-electron chi connectivity index (χ2n) is 8.16. The molecule has 0 spiro atoms. The number of nitrogens with one attached hydrogen (secondary N) is 1. The average molecular weight is 450 g/mol. The van der Waals surface area contributed by atoms with Crippen LogP contribution < -0.4 is 15.8 Å². The van der Waals surface area contributed by atoms with Crippen molar-refractivity contribution >= 4 is 27.3 Å². The number of amides is 1. The second kappa shape index (κ2) is 11.5. The summed E-state index contributed by atoms with van der Waals surface area (Å²) in [6.07, 6.45) is 3.86. The molecule has 0 unspecified atom stereocenters. The number of hydrogen-bond donors (Lipinski definition) is 1. The fourth-order valence-electron chi connectivity index (χ4n) is 3.81. The molecule has 10 heteroatoms. The van der Waals surface area contributed by atoms with Crippen molar-refractivity contribution in [3.05, 3.63) is 22.1 Å². The molecule has 1 aliphatic rings. The molecule has 1 N–H and O–H groups in total. The third kappa shape index (κ3) is 6.72. The summed E-state index contributed by atoms with van der Waals surface area (Å²) in [7, 11) is 1.81. The van der Waals surface area contributed by atoms with Gasteiger partial charge in [0, 0.05) is 51.5 Å². The Bertz CT molecular complexity index is 905. The Morgan fingerprint density at radius 3 is 2.55 bits per heavy atom. The molecule has 0 bridgehead atoms. The summed E-state index contributed by atoms with van der Waals surface area (Å²) < 4.78 is 1.31. The number of aryl methyl sites for hydroxylation is 1. The van der Waals surface area contributed by atoms with Crippen molar-refractivity contribution in [1.29, 1.82) is 0 Å². The lowest BCUT2D eigenvalue weighted by Crippen LogP contribution is -2.47. The lowest BCUT2D eigenvalue weighted by atomic mass is 10.2. The average Bonchev–Trinajstić information content (AvgIpc) is 3.18. The predicted molar refractivity (Wildman–Crippen MR) is 125 cm³/mol. The molecule has 0 radical (unpaired) electrons. The van der Waals surface area contributed by atoms with E-state index >= 15 is 0 Å². The molecule has 1 fully saturated rings. The van der Waals surface area contributed by atoms with Gasteiger partial charge in [-0.25, -0.2) is 4.98 Å². The van der Waals surface area contributed by atoms with Crippen LogP contribution in [0.1, 0.15) is 38.8 Å². The third-order valence-corrected chi connectivity index (χ3v) is 6.50. The molecule has 31 heavy (non-hydrogen) atoms. The van der Waals surface area contributed by atoms with Gasteiger partial charge in [-0.3, -0.25) is 9.59 Å². The smallest absolute Gasteiger partial charge is 0.275 e. The number of aromatic nitrogens is 3. The van der Waals surface area contributed by atoms with Crippen LogP contribution in [0.2, 0.25) is 0 Å². The number of piperazine rings is 1. The van der Waals surface area contributed by atoms with Gasteiger partial charge < -0.3 is 20.0 Å². The van der Waals surface area contributed by atoms with E-state index in [1.807, 2.05) is 7.05 Å². The van der Waals surface area contributed by atoms with E-state index < -0.39 is 0 Å². The maximum absolute atomic E-state index is 12.3. The van der Waals surface area contributed by atoms with Gasteiger partial charge in [0.05, 0.1) is 6.54 Å². The molecular formula is C21H35N7O2S. The van der Waals surface area contributed by atoms with Gasteiger partial charge in [0.2, 0.25) is 16.0 Å². The molecule has 2 aromatic rings. The van der Waals surface area contributed by atoms with Crippen LogP contribution in [0.3, 0.4) is 0 Å². The SMILES string of the molecule is CCCc1cc(=O)n2nc(N(C)CC(=O)NCCCN3CCN(CCC)CC3)sc2n1. The van der Waals surface area contributed by atoms with Crippen LogP contribution in [0.25, 0.3) is 4.96 Å². The Balaban J connectivity index is 1.41. The maximum Gasteiger partial charge on any atom is 0.275 e. The fourth-order valence-corrected chi connectivity index (χ4v) is 4.69. The molecule has 9 nitrogen and oxygen atoms in total. The summed E-state index contributed by atoms with van der Waals surface area (Å²) in [6.45, 7) is 11.9. The van der Waals surface area contributed by atoms with Gasteiger partial charge in [0.25, 0.3) is 5.56 Å². The highest BCUT2D eigenvalue weighted by molar-refractivity contribution is 7.20. The monoisotopic (exact) mass is 449 g/mol. The lowest BCUT2D eigenvalue weighted by molar-refractivity contribution is -0.119. The first-order valence-electron chi connectivity index (χ1n) is 11.3. The molecule has 0 atom stereocenters. The summed E-state index contributed by atoms with van der Waals surface area (Å²) in [6, 6.07) is 1.54. The number of rotatable bonds is 11. The zero-order valence-corrected chi connectivity index (χ0v) is 19.8. The Kier molecular flexibility index (Phi) is 8.79. The summed E-state index contributed by atoms with van der Waals surface area (Å²) in [5.41, 5.74) is 0.610. The number of carbonyl (C=O) groups excluding carboxylic acids is 1. The zero-order valence-electron chi connectivity index (χ0n) is 19.0. The van der Waals surface area contributed by atoms with Crippen LogP contribution in [-0.4, -0.2) is 89.7 Å². The largest absolute Gasteiger partial charge is 0.355 e. The van der Waals surface area contributed by atoms with Gasteiger partial charge in [-0.1, -0.05) is 31.6 Å². The molecule has 172 valence electrons. The Labute approximate surface area is 188 Å². The van der Waals surface area contributed by atoms with Gasteiger partial charge in [-0.15, -0.1) is 5.10 Å². The quantitative estimate of drug-likeness (QED) is 0.514. The fraction of sp³-hybridized carbons (Fsp3) is 0.714. The Hall–Kier alpha value is -2.04. The highest BCUT2D eigenvalue weighted by Gasteiger charge is 2.16. The Morgan fingerprint density at radius 1 is 1.16 bits per heavy atom. The maximum atomic E-state index is 12.3. The van der Waals surface area contributed by atoms with E-state index in [2.05, 4.69) is 39.0 Å². The van der Waals surface area contributed by atoms with E-state index in [1.165, 1.54) is 34.9 Å². The van der Waals surface area contributed by atoms with Crippen molar-refractivity contribution in [3.8, 4) is 0 Å². The van der Waals surface area contributed by atoms with Gasteiger partial charge in [-0.05, 0) is 32.4 Å². The van der Waals surface area contributed by atoms with Crippen LogP contribution in [0.15, 0.2) is 10.9 Å². The minimum absolute atomic E-state index is 0.0403. The highest BCUT2D eigenvalue weighted by Crippen LogP contribution is 2.20. The minimum Gasteiger partial charge on any atom is -0.355 e. The van der Waals surface area contributed by atoms with Crippen LogP contribution >= 0.6 is 11.3 Å². The molecule has 3 rings (SSSR count). The molecular weight excluding hydrogens is 414 g/mol. The first-order chi connectivity index (χ1) is 15.0. The summed E-state index contributed by atoms with van der Waals surface area (Å²) >= 11 is 1.33. The van der Waals surface area contributed by atoms with E-state index in [1.54, 1.807) is 4.90 Å². The topological polar surface area (TPSA) is 86.1 Å². The van der Waals surface area contributed by atoms with Crippen molar-refractivity contribution in [3.63, 3.8) is 0 Å². The van der Waals surface area contributed by atoms with Crippen LogP contribution in [0.4, 0.5) is 5.13 Å².